The average Bonchev–Trinajstić information content (AvgIpc) is 3.03. The van der Waals surface area contributed by atoms with Gasteiger partial charge in [0.1, 0.15) is 5.75 Å². The molecule has 0 amide bonds. The molecule has 0 fully saturated rings. The monoisotopic (exact) mass is 566 g/mol. The number of esters is 1. The quantitative estimate of drug-likeness (QED) is 0.0584. The highest BCUT2D eigenvalue weighted by Crippen LogP contribution is 2.26. The molecule has 0 bridgehead atoms. The lowest BCUT2D eigenvalue weighted by Gasteiger charge is -2.08. The van der Waals surface area contributed by atoms with E-state index < -0.39 is 0 Å². The molecule has 0 unspecified atom stereocenters. The molecular formula is C36H42N2O2S. The molecule has 0 aliphatic rings. The molecule has 0 N–H and O–H groups in total. The van der Waals surface area contributed by atoms with Crippen molar-refractivity contribution in [1.29, 1.82) is 0 Å². The molecule has 4 aromatic rings. The Balaban J connectivity index is 1.20. The Morgan fingerprint density at radius 3 is 1.78 bits per heavy atom. The summed E-state index contributed by atoms with van der Waals surface area (Å²) in [6.07, 6.45) is 16.9. The summed E-state index contributed by atoms with van der Waals surface area (Å²) in [5, 5.41) is 0. The van der Waals surface area contributed by atoms with E-state index in [2.05, 4.69) is 48.1 Å². The molecule has 214 valence electrons. The fourth-order valence-corrected chi connectivity index (χ4v) is 5.58. The summed E-state index contributed by atoms with van der Waals surface area (Å²) in [6.45, 7) is 4.35. The minimum absolute atomic E-state index is 0.379. The van der Waals surface area contributed by atoms with Crippen LogP contribution in [0, 0.1) is 0 Å². The van der Waals surface area contributed by atoms with E-state index in [0.29, 0.717) is 17.1 Å². The predicted molar refractivity (Wildman–Crippen MR) is 172 cm³/mol. The molecule has 0 spiro atoms. The number of aromatic nitrogens is 2. The van der Waals surface area contributed by atoms with Gasteiger partial charge in [0.15, 0.2) is 5.82 Å². The Hall–Kier alpha value is -3.44. The van der Waals surface area contributed by atoms with Crippen LogP contribution >= 0.6 is 11.8 Å². The Morgan fingerprint density at radius 1 is 0.659 bits per heavy atom. The zero-order chi connectivity index (χ0) is 28.7. The zero-order valence-electron chi connectivity index (χ0n) is 24.5. The van der Waals surface area contributed by atoms with Gasteiger partial charge in [-0.2, -0.15) is 0 Å². The van der Waals surface area contributed by atoms with Gasteiger partial charge in [0, 0.05) is 22.9 Å². The summed E-state index contributed by atoms with van der Waals surface area (Å²) in [7, 11) is 0. The van der Waals surface area contributed by atoms with E-state index in [0.717, 1.165) is 28.7 Å². The first-order valence-corrected chi connectivity index (χ1v) is 16.1. The van der Waals surface area contributed by atoms with Crippen molar-refractivity contribution < 1.29 is 9.53 Å². The van der Waals surface area contributed by atoms with Gasteiger partial charge in [-0.15, -0.1) is 11.8 Å². The van der Waals surface area contributed by atoms with Gasteiger partial charge in [0.05, 0.1) is 5.56 Å². The van der Waals surface area contributed by atoms with Crippen LogP contribution in [-0.4, -0.2) is 21.7 Å². The normalized spacial score (nSPS) is 11.0. The maximum Gasteiger partial charge on any atom is 0.343 e. The van der Waals surface area contributed by atoms with Crippen molar-refractivity contribution in [2.24, 2.45) is 0 Å². The van der Waals surface area contributed by atoms with E-state index in [9.17, 15) is 4.79 Å². The fraction of sp³-hybridized carbons (Fsp3) is 0.361. The lowest BCUT2D eigenvalue weighted by atomic mass is 10.0. The average molecular weight is 567 g/mol. The highest BCUT2D eigenvalue weighted by molar-refractivity contribution is 7.99. The Morgan fingerprint density at radius 2 is 1.20 bits per heavy atom. The van der Waals surface area contributed by atoms with Crippen molar-refractivity contribution in [1.82, 2.24) is 9.97 Å². The van der Waals surface area contributed by atoms with Gasteiger partial charge in [0.25, 0.3) is 0 Å². The van der Waals surface area contributed by atoms with Crippen LogP contribution < -0.4 is 4.74 Å². The van der Waals surface area contributed by atoms with Crippen LogP contribution in [0.5, 0.6) is 5.75 Å². The van der Waals surface area contributed by atoms with Crippen LogP contribution in [0.3, 0.4) is 0 Å². The number of nitrogens with zero attached hydrogens (tertiary/aromatic N) is 2. The van der Waals surface area contributed by atoms with Crippen molar-refractivity contribution in [2.75, 3.05) is 5.75 Å². The molecule has 1 heterocycles. The highest BCUT2D eigenvalue weighted by Gasteiger charge is 2.10. The minimum Gasteiger partial charge on any atom is -0.423 e. The SMILES string of the molecule is CCCCCCCCCCCSc1ccc(-c2ccc(C(=O)Oc3ccc(-c4ncc(CC)cn4)cc3)cc2)cc1. The maximum atomic E-state index is 12.7. The lowest BCUT2D eigenvalue weighted by Crippen LogP contribution is -2.08. The number of hydrogen-bond donors (Lipinski definition) is 0. The Bertz CT molecular complexity index is 1320. The molecule has 0 aliphatic heterocycles. The molecule has 5 heteroatoms. The molecular weight excluding hydrogens is 524 g/mol. The van der Waals surface area contributed by atoms with E-state index in [4.69, 9.17) is 4.74 Å². The Kier molecular flexibility index (Phi) is 12.5. The minimum atomic E-state index is -0.379. The summed E-state index contributed by atoms with van der Waals surface area (Å²) in [5.74, 6) is 1.94. The number of aryl methyl sites for hydroxylation is 1. The van der Waals surface area contributed by atoms with E-state index >= 15 is 0 Å². The number of benzene rings is 3. The number of ether oxygens (including phenoxy) is 1. The standard InChI is InChI=1S/C36H42N2O2S/c1-3-5-6-7-8-9-10-11-12-25-41-34-23-19-30(20-24-34)29-13-15-32(16-14-29)36(39)40-33-21-17-31(18-22-33)35-37-26-28(4-2)27-38-35/h13-24,26-27H,3-12,25H2,1-2H3. The topological polar surface area (TPSA) is 52.1 Å². The van der Waals surface area contributed by atoms with Crippen LogP contribution in [0.4, 0.5) is 0 Å². The van der Waals surface area contributed by atoms with Gasteiger partial charge in [-0.1, -0.05) is 89.5 Å². The third-order valence-electron chi connectivity index (χ3n) is 7.26. The summed E-state index contributed by atoms with van der Waals surface area (Å²) < 4.78 is 5.59. The van der Waals surface area contributed by atoms with Crippen LogP contribution in [0.1, 0.15) is 87.6 Å². The van der Waals surface area contributed by atoms with E-state index in [1.54, 1.807) is 12.1 Å². The molecule has 0 atom stereocenters. The second kappa shape index (κ2) is 16.7. The summed E-state index contributed by atoms with van der Waals surface area (Å²) in [5.41, 5.74) is 4.72. The Labute approximate surface area is 250 Å². The van der Waals surface area contributed by atoms with Gasteiger partial charge < -0.3 is 4.74 Å². The van der Waals surface area contributed by atoms with Crippen LogP contribution in [0.2, 0.25) is 0 Å². The summed E-state index contributed by atoms with van der Waals surface area (Å²) in [4.78, 5) is 22.8. The lowest BCUT2D eigenvalue weighted by molar-refractivity contribution is 0.0735. The van der Waals surface area contributed by atoms with Crippen LogP contribution in [-0.2, 0) is 6.42 Å². The fourth-order valence-electron chi connectivity index (χ4n) is 4.67. The van der Waals surface area contributed by atoms with Gasteiger partial charge in [-0.05, 0) is 83.8 Å². The van der Waals surface area contributed by atoms with Crippen LogP contribution in [0.15, 0.2) is 90.1 Å². The molecule has 41 heavy (non-hydrogen) atoms. The molecule has 0 radical (unpaired) electrons. The number of carbonyl (C=O) groups excluding carboxylic acids is 1. The third kappa shape index (κ3) is 9.86. The second-order valence-corrected chi connectivity index (χ2v) is 11.6. The largest absolute Gasteiger partial charge is 0.423 e. The van der Waals surface area contributed by atoms with Gasteiger partial charge in [0.2, 0.25) is 0 Å². The van der Waals surface area contributed by atoms with Crippen molar-refractivity contribution in [2.45, 2.75) is 83.0 Å². The first kappa shape index (κ1) is 30.5. The van der Waals surface area contributed by atoms with E-state index in [1.165, 1.54) is 68.4 Å². The molecule has 3 aromatic carbocycles. The van der Waals surface area contributed by atoms with Crippen LogP contribution in [0.25, 0.3) is 22.5 Å². The maximum absolute atomic E-state index is 12.7. The number of thioether (sulfide) groups is 1. The zero-order valence-corrected chi connectivity index (χ0v) is 25.3. The van der Waals surface area contributed by atoms with E-state index in [-0.39, 0.29) is 5.97 Å². The number of unbranched alkanes of at least 4 members (excludes halogenated alkanes) is 8. The molecule has 0 saturated heterocycles. The number of carbonyl (C=O) groups is 1. The third-order valence-corrected chi connectivity index (χ3v) is 8.36. The predicted octanol–water partition coefficient (Wildman–Crippen LogP) is 10.2. The van der Waals surface area contributed by atoms with Gasteiger partial charge in [-0.3, -0.25) is 0 Å². The molecule has 0 saturated carbocycles. The molecule has 1 aromatic heterocycles. The molecule has 4 nitrogen and oxygen atoms in total. The second-order valence-electron chi connectivity index (χ2n) is 10.5. The van der Waals surface area contributed by atoms with Gasteiger partial charge >= 0.3 is 5.97 Å². The molecule has 0 aliphatic carbocycles. The van der Waals surface area contributed by atoms with Crippen molar-refractivity contribution >= 4 is 17.7 Å². The smallest absolute Gasteiger partial charge is 0.343 e. The van der Waals surface area contributed by atoms with Crippen molar-refractivity contribution in [3.8, 4) is 28.3 Å². The van der Waals surface area contributed by atoms with Crippen molar-refractivity contribution in [3.05, 3.63) is 96.3 Å². The number of hydrogen-bond acceptors (Lipinski definition) is 5. The molecule has 4 rings (SSSR count). The number of rotatable bonds is 16. The summed E-state index contributed by atoms with van der Waals surface area (Å²) >= 11 is 1.94. The summed E-state index contributed by atoms with van der Waals surface area (Å²) in [6, 6.07) is 23.6. The van der Waals surface area contributed by atoms with Gasteiger partial charge in [-0.25, -0.2) is 14.8 Å². The first-order valence-electron chi connectivity index (χ1n) is 15.1. The first-order chi connectivity index (χ1) is 20.2. The van der Waals surface area contributed by atoms with E-state index in [1.807, 2.05) is 60.6 Å². The van der Waals surface area contributed by atoms with Crippen molar-refractivity contribution in [3.63, 3.8) is 0 Å². The highest BCUT2D eigenvalue weighted by atomic mass is 32.2.